The maximum Gasteiger partial charge on any atom is 0.235 e. The average molecular weight is 265 g/mol. The summed E-state index contributed by atoms with van der Waals surface area (Å²) in [6, 6.07) is 18.1. The van der Waals surface area contributed by atoms with E-state index in [4.69, 9.17) is 0 Å². The van der Waals surface area contributed by atoms with Gasteiger partial charge in [0.1, 0.15) is 0 Å². The summed E-state index contributed by atoms with van der Waals surface area (Å²) in [7, 11) is 0. The zero-order valence-corrected chi connectivity index (χ0v) is 11.7. The summed E-state index contributed by atoms with van der Waals surface area (Å²) in [5.74, 6) is 0.124. The molecule has 2 aromatic carbocycles. The summed E-state index contributed by atoms with van der Waals surface area (Å²) >= 11 is 0. The number of hydrogen-bond acceptors (Lipinski definition) is 1. The summed E-state index contributed by atoms with van der Waals surface area (Å²) in [4.78, 5) is 12.7. The number of anilines is 1. The van der Waals surface area contributed by atoms with Gasteiger partial charge in [-0.05, 0) is 37.5 Å². The molecule has 1 aliphatic rings. The second-order valence-corrected chi connectivity index (χ2v) is 5.62. The second kappa shape index (κ2) is 5.12. The Morgan fingerprint density at radius 3 is 2.20 bits per heavy atom. The van der Waals surface area contributed by atoms with Crippen molar-refractivity contribution in [3.8, 4) is 0 Å². The first-order valence-corrected chi connectivity index (χ1v) is 7.14. The van der Waals surface area contributed by atoms with Gasteiger partial charge in [0.25, 0.3) is 0 Å². The van der Waals surface area contributed by atoms with Gasteiger partial charge in [0.05, 0.1) is 5.41 Å². The van der Waals surface area contributed by atoms with Gasteiger partial charge in [0.15, 0.2) is 0 Å². The monoisotopic (exact) mass is 265 g/mol. The molecular formula is C18H19NO. The van der Waals surface area contributed by atoms with E-state index in [1.54, 1.807) is 0 Å². The van der Waals surface area contributed by atoms with Crippen LogP contribution in [0.15, 0.2) is 54.6 Å². The Morgan fingerprint density at radius 2 is 1.65 bits per heavy atom. The lowest BCUT2D eigenvalue weighted by Crippen LogP contribution is -2.45. The van der Waals surface area contributed by atoms with E-state index in [2.05, 4.69) is 17.4 Å². The first-order valence-electron chi connectivity index (χ1n) is 7.14. The van der Waals surface area contributed by atoms with Crippen LogP contribution in [0.5, 0.6) is 0 Å². The Kier molecular flexibility index (Phi) is 3.31. The van der Waals surface area contributed by atoms with Crippen LogP contribution in [-0.4, -0.2) is 5.91 Å². The highest BCUT2D eigenvalue weighted by molar-refractivity contribution is 5.99. The van der Waals surface area contributed by atoms with Crippen LogP contribution >= 0.6 is 0 Å². The molecule has 0 aromatic heterocycles. The van der Waals surface area contributed by atoms with Crippen molar-refractivity contribution in [2.45, 2.75) is 31.6 Å². The molecule has 0 spiro atoms. The minimum Gasteiger partial charge on any atom is -0.325 e. The van der Waals surface area contributed by atoms with Crippen LogP contribution in [0, 0.1) is 6.92 Å². The molecule has 3 rings (SSSR count). The van der Waals surface area contributed by atoms with Gasteiger partial charge >= 0.3 is 0 Å². The minimum atomic E-state index is -0.327. The smallest absolute Gasteiger partial charge is 0.235 e. The van der Waals surface area contributed by atoms with Crippen LogP contribution < -0.4 is 5.32 Å². The molecule has 102 valence electrons. The normalized spacial score (nSPS) is 16.2. The molecule has 2 heteroatoms. The van der Waals surface area contributed by atoms with Crippen LogP contribution in [0.4, 0.5) is 5.69 Å². The van der Waals surface area contributed by atoms with Crippen LogP contribution in [0.1, 0.15) is 30.4 Å². The van der Waals surface area contributed by atoms with Gasteiger partial charge < -0.3 is 5.32 Å². The average Bonchev–Trinajstić information content (AvgIpc) is 2.41. The molecule has 1 fully saturated rings. The molecule has 0 bridgehead atoms. The first kappa shape index (κ1) is 12.9. The van der Waals surface area contributed by atoms with Gasteiger partial charge in [0, 0.05) is 5.69 Å². The zero-order valence-electron chi connectivity index (χ0n) is 11.7. The number of carbonyl (C=O) groups is 1. The lowest BCUT2D eigenvalue weighted by Gasteiger charge is -2.40. The largest absolute Gasteiger partial charge is 0.325 e. The molecule has 1 aliphatic carbocycles. The van der Waals surface area contributed by atoms with Crippen LogP contribution in [0.2, 0.25) is 0 Å². The molecule has 2 aromatic rings. The van der Waals surface area contributed by atoms with E-state index in [0.717, 1.165) is 30.5 Å². The number of rotatable bonds is 3. The molecule has 0 heterocycles. The predicted octanol–water partition coefficient (Wildman–Crippen LogP) is 4.06. The molecule has 0 saturated heterocycles. The van der Waals surface area contributed by atoms with Gasteiger partial charge in [0.2, 0.25) is 5.91 Å². The summed E-state index contributed by atoms with van der Waals surface area (Å²) in [6.07, 6.45) is 3.00. The SMILES string of the molecule is Cc1ccc(NC(=O)C2(c3ccccc3)CCC2)cc1. The van der Waals surface area contributed by atoms with E-state index in [9.17, 15) is 4.79 Å². The number of aryl methyl sites for hydroxylation is 1. The summed E-state index contributed by atoms with van der Waals surface area (Å²) < 4.78 is 0. The third-order valence-corrected chi connectivity index (χ3v) is 4.28. The summed E-state index contributed by atoms with van der Waals surface area (Å²) in [5, 5.41) is 3.07. The summed E-state index contributed by atoms with van der Waals surface area (Å²) in [5.41, 5.74) is 2.88. The predicted molar refractivity (Wildman–Crippen MR) is 81.8 cm³/mol. The third kappa shape index (κ3) is 2.22. The van der Waals surface area contributed by atoms with Crippen LogP contribution in [0.3, 0.4) is 0 Å². The van der Waals surface area contributed by atoms with Crippen molar-refractivity contribution in [3.63, 3.8) is 0 Å². The Labute approximate surface area is 119 Å². The van der Waals surface area contributed by atoms with Crippen molar-refractivity contribution in [1.82, 2.24) is 0 Å². The van der Waals surface area contributed by atoms with Crippen molar-refractivity contribution in [3.05, 3.63) is 65.7 Å². The maximum absolute atomic E-state index is 12.7. The molecular weight excluding hydrogens is 246 g/mol. The molecule has 0 unspecified atom stereocenters. The van der Waals surface area contributed by atoms with Crippen molar-refractivity contribution >= 4 is 11.6 Å². The van der Waals surface area contributed by atoms with Gasteiger partial charge in [-0.15, -0.1) is 0 Å². The third-order valence-electron chi connectivity index (χ3n) is 4.28. The van der Waals surface area contributed by atoms with Crippen molar-refractivity contribution in [1.29, 1.82) is 0 Å². The Morgan fingerprint density at radius 1 is 1.00 bits per heavy atom. The highest BCUT2D eigenvalue weighted by Crippen LogP contribution is 2.44. The minimum absolute atomic E-state index is 0.124. The number of hydrogen-bond donors (Lipinski definition) is 1. The zero-order chi connectivity index (χ0) is 14.0. The van der Waals surface area contributed by atoms with Crippen molar-refractivity contribution in [2.24, 2.45) is 0 Å². The fourth-order valence-corrected chi connectivity index (χ4v) is 2.82. The number of nitrogens with one attached hydrogen (secondary N) is 1. The Bertz CT molecular complexity index is 597. The van der Waals surface area contributed by atoms with Gasteiger partial charge in [-0.2, -0.15) is 0 Å². The van der Waals surface area contributed by atoms with Crippen LogP contribution in [-0.2, 0) is 10.2 Å². The van der Waals surface area contributed by atoms with E-state index in [1.807, 2.05) is 49.4 Å². The fraction of sp³-hybridized carbons (Fsp3) is 0.278. The topological polar surface area (TPSA) is 29.1 Å². The molecule has 1 amide bonds. The molecule has 1 saturated carbocycles. The quantitative estimate of drug-likeness (QED) is 0.891. The maximum atomic E-state index is 12.7. The molecule has 0 atom stereocenters. The van der Waals surface area contributed by atoms with Crippen molar-refractivity contribution in [2.75, 3.05) is 5.32 Å². The lowest BCUT2D eigenvalue weighted by molar-refractivity contribution is -0.124. The molecule has 2 nitrogen and oxygen atoms in total. The van der Waals surface area contributed by atoms with Crippen molar-refractivity contribution < 1.29 is 4.79 Å². The van der Waals surface area contributed by atoms with E-state index in [1.165, 1.54) is 5.56 Å². The van der Waals surface area contributed by atoms with Gasteiger partial charge in [-0.3, -0.25) is 4.79 Å². The number of amides is 1. The van der Waals surface area contributed by atoms with Crippen LogP contribution in [0.25, 0.3) is 0 Å². The molecule has 0 aliphatic heterocycles. The lowest BCUT2D eigenvalue weighted by atomic mass is 9.64. The second-order valence-electron chi connectivity index (χ2n) is 5.62. The summed E-state index contributed by atoms with van der Waals surface area (Å²) in [6.45, 7) is 2.04. The van der Waals surface area contributed by atoms with Gasteiger partial charge in [-0.1, -0.05) is 54.4 Å². The highest BCUT2D eigenvalue weighted by Gasteiger charge is 2.45. The highest BCUT2D eigenvalue weighted by atomic mass is 16.2. The molecule has 20 heavy (non-hydrogen) atoms. The molecule has 0 radical (unpaired) electrons. The van der Waals surface area contributed by atoms with E-state index in [-0.39, 0.29) is 11.3 Å². The van der Waals surface area contributed by atoms with E-state index >= 15 is 0 Å². The van der Waals surface area contributed by atoms with Gasteiger partial charge in [-0.25, -0.2) is 0 Å². The number of carbonyl (C=O) groups excluding carboxylic acids is 1. The molecule has 1 N–H and O–H groups in total. The fourth-order valence-electron chi connectivity index (χ4n) is 2.82. The Balaban J connectivity index is 1.83. The first-order chi connectivity index (χ1) is 9.71. The standard InChI is InChI=1S/C18H19NO/c1-14-8-10-16(11-9-14)19-17(20)18(12-5-13-18)15-6-3-2-4-7-15/h2-4,6-11H,5,12-13H2,1H3,(H,19,20). The Hall–Kier alpha value is -2.09. The number of benzene rings is 2. The van der Waals surface area contributed by atoms with E-state index < -0.39 is 0 Å². The van der Waals surface area contributed by atoms with E-state index in [0.29, 0.717) is 0 Å².